The van der Waals surface area contributed by atoms with Crippen molar-refractivity contribution in [1.82, 2.24) is 4.90 Å². The number of nitrogens with zero attached hydrogens (tertiary/aromatic N) is 1. The SMILES string of the molecule is Cc1ccc(NC(=O)CSC(C)C(=O)Nc2ccccc2CN(C)C2CCCCC2)cc1. The van der Waals surface area contributed by atoms with E-state index >= 15 is 0 Å². The number of benzene rings is 2. The van der Waals surface area contributed by atoms with Gasteiger partial charge in [0.25, 0.3) is 0 Å². The van der Waals surface area contributed by atoms with Crippen molar-refractivity contribution in [2.24, 2.45) is 0 Å². The maximum atomic E-state index is 12.8. The highest BCUT2D eigenvalue weighted by atomic mass is 32.2. The van der Waals surface area contributed by atoms with Crippen LogP contribution >= 0.6 is 11.8 Å². The standard InChI is InChI=1S/C26H35N3O2S/c1-19-13-15-22(16-14-19)27-25(30)18-32-20(2)26(31)28-24-12-8-7-9-21(24)17-29(3)23-10-5-4-6-11-23/h7-9,12-16,20,23H,4-6,10-11,17-18H2,1-3H3,(H,27,30)(H,28,31). The fourth-order valence-electron chi connectivity index (χ4n) is 4.04. The molecule has 0 saturated heterocycles. The van der Waals surface area contributed by atoms with E-state index in [9.17, 15) is 9.59 Å². The van der Waals surface area contributed by atoms with Crippen molar-refractivity contribution < 1.29 is 9.59 Å². The maximum absolute atomic E-state index is 12.8. The van der Waals surface area contributed by atoms with E-state index in [-0.39, 0.29) is 22.8 Å². The molecule has 0 aromatic heterocycles. The van der Waals surface area contributed by atoms with Crippen LogP contribution in [0.25, 0.3) is 0 Å². The van der Waals surface area contributed by atoms with Gasteiger partial charge in [-0.1, -0.05) is 55.2 Å². The minimum atomic E-state index is -0.331. The summed E-state index contributed by atoms with van der Waals surface area (Å²) >= 11 is 1.34. The summed E-state index contributed by atoms with van der Waals surface area (Å²) in [7, 11) is 2.18. The molecule has 5 nitrogen and oxygen atoms in total. The summed E-state index contributed by atoms with van der Waals surface area (Å²) in [5.41, 5.74) is 3.90. The van der Waals surface area contributed by atoms with Gasteiger partial charge < -0.3 is 10.6 Å². The van der Waals surface area contributed by atoms with Crippen LogP contribution in [0.3, 0.4) is 0 Å². The molecule has 2 aromatic rings. The van der Waals surface area contributed by atoms with Crippen LogP contribution in [-0.2, 0) is 16.1 Å². The maximum Gasteiger partial charge on any atom is 0.237 e. The summed E-state index contributed by atoms with van der Waals surface area (Å²) in [6, 6.07) is 16.3. The first-order valence-corrected chi connectivity index (χ1v) is 12.5. The highest BCUT2D eigenvalue weighted by Crippen LogP contribution is 2.25. The summed E-state index contributed by atoms with van der Waals surface area (Å²) < 4.78 is 0. The summed E-state index contributed by atoms with van der Waals surface area (Å²) in [5.74, 6) is 0.0491. The lowest BCUT2D eigenvalue weighted by Gasteiger charge is -2.31. The van der Waals surface area contributed by atoms with Gasteiger partial charge in [-0.05, 0) is 57.5 Å². The number of carbonyl (C=O) groups excluding carboxylic acids is 2. The molecule has 1 atom stereocenters. The molecule has 2 aromatic carbocycles. The van der Waals surface area contributed by atoms with Crippen molar-refractivity contribution in [3.63, 3.8) is 0 Å². The molecule has 1 unspecified atom stereocenters. The summed E-state index contributed by atoms with van der Waals surface area (Å²) in [4.78, 5) is 27.4. The second-order valence-electron chi connectivity index (χ2n) is 8.72. The van der Waals surface area contributed by atoms with Crippen molar-refractivity contribution in [1.29, 1.82) is 0 Å². The van der Waals surface area contributed by atoms with E-state index in [0.29, 0.717) is 6.04 Å². The van der Waals surface area contributed by atoms with E-state index in [0.717, 1.165) is 29.0 Å². The molecular weight excluding hydrogens is 418 g/mol. The minimum absolute atomic E-state index is 0.0779. The van der Waals surface area contributed by atoms with Gasteiger partial charge in [0.1, 0.15) is 0 Å². The fourth-order valence-corrected chi connectivity index (χ4v) is 4.73. The number of nitrogens with one attached hydrogen (secondary N) is 2. The topological polar surface area (TPSA) is 61.4 Å². The molecule has 1 aliphatic rings. The zero-order chi connectivity index (χ0) is 22.9. The number of hydrogen-bond donors (Lipinski definition) is 2. The van der Waals surface area contributed by atoms with Gasteiger partial charge in [0.15, 0.2) is 0 Å². The molecule has 0 spiro atoms. The molecule has 3 rings (SSSR count). The molecule has 0 radical (unpaired) electrons. The molecular formula is C26H35N3O2S. The lowest BCUT2D eigenvalue weighted by atomic mass is 9.94. The van der Waals surface area contributed by atoms with Crippen LogP contribution in [0.5, 0.6) is 0 Å². The molecule has 1 saturated carbocycles. The molecule has 2 amide bonds. The highest BCUT2D eigenvalue weighted by molar-refractivity contribution is 8.01. The Labute approximate surface area is 196 Å². The molecule has 2 N–H and O–H groups in total. The van der Waals surface area contributed by atoms with Gasteiger partial charge in [0.05, 0.1) is 11.0 Å². The Kier molecular flexibility index (Phi) is 9.18. The summed E-state index contributed by atoms with van der Waals surface area (Å²) in [5, 5.41) is 5.63. The van der Waals surface area contributed by atoms with Gasteiger partial charge in [-0.3, -0.25) is 14.5 Å². The number of thioether (sulfide) groups is 1. The first-order valence-electron chi connectivity index (χ1n) is 11.5. The third-order valence-electron chi connectivity index (χ3n) is 6.06. The number of hydrogen-bond acceptors (Lipinski definition) is 4. The predicted molar refractivity (Wildman–Crippen MR) is 135 cm³/mol. The summed E-state index contributed by atoms with van der Waals surface area (Å²) in [6.07, 6.45) is 6.46. The van der Waals surface area contributed by atoms with Gasteiger partial charge in [-0.2, -0.15) is 0 Å². The normalized spacial score (nSPS) is 15.4. The van der Waals surface area contributed by atoms with Crippen molar-refractivity contribution in [3.05, 3.63) is 59.7 Å². The molecule has 172 valence electrons. The van der Waals surface area contributed by atoms with E-state index in [1.54, 1.807) is 0 Å². The summed E-state index contributed by atoms with van der Waals surface area (Å²) in [6.45, 7) is 4.67. The van der Waals surface area contributed by atoms with Crippen LogP contribution in [0, 0.1) is 6.92 Å². The monoisotopic (exact) mass is 453 g/mol. The Morgan fingerprint density at radius 3 is 2.44 bits per heavy atom. The molecule has 32 heavy (non-hydrogen) atoms. The van der Waals surface area contributed by atoms with Crippen molar-refractivity contribution in [2.75, 3.05) is 23.4 Å². The van der Waals surface area contributed by atoms with Gasteiger partial charge in [0, 0.05) is 24.0 Å². The second kappa shape index (κ2) is 12.1. The third kappa shape index (κ3) is 7.38. The van der Waals surface area contributed by atoms with Crippen molar-refractivity contribution >= 4 is 35.0 Å². The molecule has 1 aliphatic carbocycles. The van der Waals surface area contributed by atoms with E-state index < -0.39 is 0 Å². The Bertz CT molecular complexity index is 894. The second-order valence-corrected chi connectivity index (χ2v) is 10.0. The van der Waals surface area contributed by atoms with Crippen LogP contribution in [0.1, 0.15) is 50.2 Å². The Balaban J connectivity index is 1.50. The van der Waals surface area contributed by atoms with E-state index in [1.807, 2.05) is 56.3 Å². The van der Waals surface area contributed by atoms with Gasteiger partial charge in [-0.15, -0.1) is 11.8 Å². The highest BCUT2D eigenvalue weighted by Gasteiger charge is 2.20. The van der Waals surface area contributed by atoms with E-state index in [1.165, 1.54) is 43.9 Å². The van der Waals surface area contributed by atoms with Crippen LogP contribution in [0.2, 0.25) is 0 Å². The lowest BCUT2D eigenvalue weighted by Crippen LogP contribution is -2.33. The number of para-hydroxylation sites is 1. The zero-order valence-corrected chi connectivity index (χ0v) is 20.2. The molecule has 6 heteroatoms. The molecule has 0 heterocycles. The van der Waals surface area contributed by atoms with Crippen molar-refractivity contribution in [3.8, 4) is 0 Å². The van der Waals surface area contributed by atoms with Gasteiger partial charge >= 0.3 is 0 Å². The Hall–Kier alpha value is -2.31. The number of carbonyl (C=O) groups is 2. The number of rotatable bonds is 9. The number of anilines is 2. The quantitative estimate of drug-likeness (QED) is 0.529. The van der Waals surface area contributed by atoms with Crippen LogP contribution < -0.4 is 10.6 Å². The smallest absolute Gasteiger partial charge is 0.237 e. The third-order valence-corrected chi connectivity index (χ3v) is 7.20. The number of amides is 2. The van der Waals surface area contributed by atoms with Gasteiger partial charge in [0.2, 0.25) is 11.8 Å². The zero-order valence-electron chi connectivity index (χ0n) is 19.4. The Morgan fingerprint density at radius 1 is 1.03 bits per heavy atom. The molecule has 0 bridgehead atoms. The average Bonchev–Trinajstić information content (AvgIpc) is 2.80. The first kappa shape index (κ1) is 24.3. The van der Waals surface area contributed by atoms with E-state index in [2.05, 4.69) is 28.6 Å². The predicted octanol–water partition coefficient (Wildman–Crippen LogP) is 5.46. The van der Waals surface area contributed by atoms with Crippen LogP contribution in [0.15, 0.2) is 48.5 Å². The number of aryl methyl sites for hydroxylation is 1. The Morgan fingerprint density at radius 2 is 1.72 bits per heavy atom. The van der Waals surface area contributed by atoms with Crippen LogP contribution in [0.4, 0.5) is 11.4 Å². The fraction of sp³-hybridized carbons (Fsp3) is 0.462. The molecule has 1 fully saturated rings. The van der Waals surface area contributed by atoms with Crippen molar-refractivity contribution in [2.45, 2.75) is 63.8 Å². The minimum Gasteiger partial charge on any atom is -0.325 e. The first-order chi connectivity index (χ1) is 15.4. The van der Waals surface area contributed by atoms with Crippen LogP contribution in [-0.4, -0.2) is 40.8 Å². The molecule has 0 aliphatic heterocycles. The largest absolute Gasteiger partial charge is 0.325 e. The lowest BCUT2D eigenvalue weighted by molar-refractivity contribution is -0.115. The average molecular weight is 454 g/mol. The van der Waals surface area contributed by atoms with Gasteiger partial charge in [-0.25, -0.2) is 0 Å². The van der Waals surface area contributed by atoms with E-state index in [4.69, 9.17) is 0 Å².